The van der Waals surface area contributed by atoms with E-state index >= 15 is 0 Å². The lowest BCUT2D eigenvalue weighted by atomic mass is 10.4. The van der Waals surface area contributed by atoms with Crippen molar-refractivity contribution >= 4 is 11.6 Å². The van der Waals surface area contributed by atoms with Crippen LogP contribution in [0.25, 0.3) is 0 Å². The standard InChI is InChI=1S/C11H16N6/c1-3-9-15-8(12)6-10(16-9)14-7-11-13-4-5-17(11)2/h4-6H,3,7H2,1-2H3,(H3,12,14,15,16). The predicted octanol–water partition coefficient (Wildman–Crippen LogP) is 0.967. The predicted molar refractivity (Wildman–Crippen MR) is 66.4 cm³/mol. The van der Waals surface area contributed by atoms with Gasteiger partial charge < -0.3 is 15.6 Å². The second-order valence-electron chi connectivity index (χ2n) is 3.76. The lowest BCUT2D eigenvalue weighted by Crippen LogP contribution is -2.09. The summed E-state index contributed by atoms with van der Waals surface area (Å²) in [5.74, 6) is 2.91. The van der Waals surface area contributed by atoms with Crippen LogP contribution in [-0.2, 0) is 20.0 Å². The summed E-state index contributed by atoms with van der Waals surface area (Å²) in [5, 5.41) is 3.19. The first kappa shape index (κ1) is 11.4. The third kappa shape index (κ3) is 2.72. The average Bonchev–Trinajstić information content (AvgIpc) is 2.71. The summed E-state index contributed by atoms with van der Waals surface area (Å²) in [7, 11) is 1.95. The molecule has 0 aliphatic rings. The SMILES string of the molecule is CCc1nc(N)cc(NCc2nccn2C)n1. The number of anilines is 2. The van der Waals surface area contributed by atoms with Crippen molar-refractivity contribution in [3.05, 3.63) is 30.1 Å². The fourth-order valence-electron chi connectivity index (χ4n) is 1.50. The second kappa shape index (κ2) is 4.82. The molecule has 3 N–H and O–H groups in total. The van der Waals surface area contributed by atoms with Gasteiger partial charge >= 0.3 is 0 Å². The van der Waals surface area contributed by atoms with Crippen LogP contribution in [0.1, 0.15) is 18.6 Å². The van der Waals surface area contributed by atoms with Crippen molar-refractivity contribution in [1.29, 1.82) is 0 Å². The normalized spacial score (nSPS) is 10.5. The summed E-state index contributed by atoms with van der Waals surface area (Å²) in [6.07, 6.45) is 4.44. The average molecular weight is 232 g/mol. The number of imidazole rings is 1. The molecule has 90 valence electrons. The molecule has 0 aliphatic heterocycles. The number of aryl methyl sites for hydroxylation is 2. The number of nitrogens with zero attached hydrogens (tertiary/aromatic N) is 4. The highest BCUT2D eigenvalue weighted by Crippen LogP contribution is 2.09. The molecular formula is C11H16N6. The van der Waals surface area contributed by atoms with Crippen molar-refractivity contribution in [2.45, 2.75) is 19.9 Å². The number of hydrogen-bond acceptors (Lipinski definition) is 5. The highest BCUT2D eigenvalue weighted by molar-refractivity contribution is 5.44. The quantitative estimate of drug-likeness (QED) is 0.820. The first-order chi connectivity index (χ1) is 8.19. The van der Waals surface area contributed by atoms with Gasteiger partial charge in [0.05, 0.1) is 6.54 Å². The van der Waals surface area contributed by atoms with Crippen molar-refractivity contribution < 1.29 is 0 Å². The largest absolute Gasteiger partial charge is 0.384 e. The smallest absolute Gasteiger partial charge is 0.132 e. The van der Waals surface area contributed by atoms with Crippen LogP contribution in [0.5, 0.6) is 0 Å². The molecule has 6 nitrogen and oxygen atoms in total. The van der Waals surface area contributed by atoms with Gasteiger partial charge in [-0.25, -0.2) is 15.0 Å². The van der Waals surface area contributed by atoms with Crippen molar-refractivity contribution in [1.82, 2.24) is 19.5 Å². The van der Waals surface area contributed by atoms with E-state index in [1.165, 1.54) is 0 Å². The molecule has 0 unspecified atom stereocenters. The highest BCUT2D eigenvalue weighted by Gasteiger charge is 2.03. The van der Waals surface area contributed by atoms with Crippen LogP contribution >= 0.6 is 0 Å². The molecule has 0 aromatic carbocycles. The summed E-state index contributed by atoms with van der Waals surface area (Å²) >= 11 is 0. The van der Waals surface area contributed by atoms with Gasteiger partial charge in [0.25, 0.3) is 0 Å². The van der Waals surface area contributed by atoms with Gasteiger partial charge in [0.2, 0.25) is 0 Å². The van der Waals surface area contributed by atoms with Crippen molar-refractivity contribution in [3.8, 4) is 0 Å². The maximum atomic E-state index is 5.70. The Balaban J connectivity index is 2.09. The van der Waals surface area contributed by atoms with Gasteiger partial charge in [-0.3, -0.25) is 0 Å². The summed E-state index contributed by atoms with van der Waals surface area (Å²) in [5.41, 5.74) is 5.70. The molecule has 2 rings (SSSR count). The van der Waals surface area contributed by atoms with E-state index in [1.54, 1.807) is 12.3 Å². The van der Waals surface area contributed by atoms with Crippen LogP contribution in [0.2, 0.25) is 0 Å². The Morgan fingerprint density at radius 1 is 1.41 bits per heavy atom. The van der Waals surface area contributed by atoms with E-state index in [0.717, 1.165) is 23.9 Å². The van der Waals surface area contributed by atoms with E-state index in [1.807, 2.05) is 24.7 Å². The number of aromatic nitrogens is 4. The van der Waals surface area contributed by atoms with Crippen molar-refractivity contribution in [3.63, 3.8) is 0 Å². The lowest BCUT2D eigenvalue weighted by Gasteiger charge is -2.07. The van der Waals surface area contributed by atoms with Crippen LogP contribution in [0, 0.1) is 0 Å². The molecule has 2 aromatic rings. The molecule has 0 amide bonds. The maximum Gasteiger partial charge on any atom is 0.132 e. The van der Waals surface area contributed by atoms with E-state index < -0.39 is 0 Å². The Labute approximate surface area is 99.9 Å². The minimum absolute atomic E-state index is 0.485. The summed E-state index contributed by atoms with van der Waals surface area (Å²) in [6, 6.07) is 1.72. The third-order valence-corrected chi connectivity index (χ3v) is 2.46. The lowest BCUT2D eigenvalue weighted by molar-refractivity contribution is 0.808. The molecule has 0 atom stereocenters. The van der Waals surface area contributed by atoms with Crippen LogP contribution in [0.15, 0.2) is 18.5 Å². The Morgan fingerprint density at radius 3 is 2.88 bits per heavy atom. The molecule has 0 aliphatic carbocycles. The van der Waals surface area contributed by atoms with Gasteiger partial charge in [-0.05, 0) is 0 Å². The van der Waals surface area contributed by atoms with Crippen LogP contribution < -0.4 is 11.1 Å². The van der Waals surface area contributed by atoms with Gasteiger partial charge in [-0.15, -0.1) is 0 Å². The Morgan fingerprint density at radius 2 is 2.24 bits per heavy atom. The van der Waals surface area contributed by atoms with Crippen molar-refractivity contribution in [2.24, 2.45) is 7.05 Å². The molecule has 2 heterocycles. The van der Waals surface area contributed by atoms with Gasteiger partial charge in [-0.1, -0.05) is 6.92 Å². The molecule has 17 heavy (non-hydrogen) atoms. The summed E-state index contributed by atoms with van der Waals surface area (Å²) in [4.78, 5) is 12.7. The van der Waals surface area contributed by atoms with Gasteiger partial charge in [0.15, 0.2) is 0 Å². The maximum absolute atomic E-state index is 5.70. The van der Waals surface area contributed by atoms with E-state index in [4.69, 9.17) is 5.73 Å². The molecule has 0 spiro atoms. The fourth-order valence-corrected chi connectivity index (χ4v) is 1.50. The van der Waals surface area contributed by atoms with E-state index in [9.17, 15) is 0 Å². The number of nitrogen functional groups attached to an aromatic ring is 1. The van der Waals surface area contributed by atoms with Crippen LogP contribution in [0.3, 0.4) is 0 Å². The Hall–Kier alpha value is -2.11. The number of nitrogens with one attached hydrogen (secondary N) is 1. The Kier molecular flexibility index (Phi) is 3.22. The van der Waals surface area contributed by atoms with Gasteiger partial charge in [0.1, 0.15) is 23.3 Å². The minimum Gasteiger partial charge on any atom is -0.384 e. The van der Waals surface area contributed by atoms with Crippen LogP contribution in [0.4, 0.5) is 11.6 Å². The third-order valence-electron chi connectivity index (χ3n) is 2.46. The topological polar surface area (TPSA) is 81.6 Å². The molecule has 0 saturated heterocycles. The molecular weight excluding hydrogens is 216 g/mol. The number of hydrogen-bond donors (Lipinski definition) is 2. The zero-order valence-electron chi connectivity index (χ0n) is 10.0. The van der Waals surface area contributed by atoms with Gasteiger partial charge in [0, 0.05) is 31.9 Å². The van der Waals surface area contributed by atoms with E-state index in [0.29, 0.717) is 12.4 Å². The molecule has 0 bridgehead atoms. The fraction of sp³-hybridized carbons (Fsp3) is 0.364. The molecule has 0 saturated carbocycles. The summed E-state index contributed by atoms with van der Waals surface area (Å²) < 4.78 is 1.96. The van der Waals surface area contributed by atoms with Crippen molar-refractivity contribution in [2.75, 3.05) is 11.1 Å². The number of nitrogens with two attached hydrogens (primary N) is 1. The molecule has 6 heteroatoms. The first-order valence-corrected chi connectivity index (χ1v) is 5.52. The monoisotopic (exact) mass is 232 g/mol. The van der Waals surface area contributed by atoms with E-state index in [2.05, 4.69) is 20.3 Å². The van der Waals surface area contributed by atoms with E-state index in [-0.39, 0.29) is 0 Å². The molecule has 2 aromatic heterocycles. The molecule has 0 fully saturated rings. The minimum atomic E-state index is 0.485. The number of rotatable bonds is 4. The molecule has 0 radical (unpaired) electrons. The zero-order valence-corrected chi connectivity index (χ0v) is 10.0. The first-order valence-electron chi connectivity index (χ1n) is 5.52. The summed E-state index contributed by atoms with van der Waals surface area (Å²) in [6.45, 7) is 2.61. The Bertz CT molecular complexity index is 504. The highest BCUT2D eigenvalue weighted by atomic mass is 15.1. The van der Waals surface area contributed by atoms with Crippen LogP contribution in [-0.4, -0.2) is 19.5 Å². The van der Waals surface area contributed by atoms with Gasteiger partial charge in [-0.2, -0.15) is 0 Å². The zero-order chi connectivity index (χ0) is 12.3. The second-order valence-corrected chi connectivity index (χ2v) is 3.76.